The summed E-state index contributed by atoms with van der Waals surface area (Å²) in [5.74, 6) is 0.511. The number of halogens is 1. The summed E-state index contributed by atoms with van der Waals surface area (Å²) in [5.41, 5.74) is 2.71. The molecule has 4 nitrogen and oxygen atoms in total. The van der Waals surface area contributed by atoms with Crippen LogP contribution in [0.3, 0.4) is 0 Å². The maximum Gasteiger partial charge on any atom is 0.231 e. The zero-order valence-corrected chi connectivity index (χ0v) is 11.5. The van der Waals surface area contributed by atoms with Crippen molar-refractivity contribution in [2.45, 2.75) is 13.8 Å². The van der Waals surface area contributed by atoms with E-state index in [0.29, 0.717) is 16.0 Å². The van der Waals surface area contributed by atoms with Gasteiger partial charge in [-0.3, -0.25) is 0 Å². The second-order valence-electron chi connectivity index (χ2n) is 3.87. The molecule has 1 heterocycles. The molecule has 2 rings (SSSR count). The monoisotopic (exact) mass is 281 g/mol. The SMILES string of the molecule is Cc1cc(NC(=S)Nc2ccc(Cl)cc2C)on1. The highest BCUT2D eigenvalue weighted by Gasteiger charge is 2.05. The first-order valence-corrected chi connectivity index (χ1v) is 6.11. The van der Waals surface area contributed by atoms with Crippen LogP contribution in [0.25, 0.3) is 0 Å². The van der Waals surface area contributed by atoms with Gasteiger partial charge in [0, 0.05) is 16.8 Å². The lowest BCUT2D eigenvalue weighted by molar-refractivity contribution is 0.430. The molecule has 2 N–H and O–H groups in total. The zero-order valence-electron chi connectivity index (χ0n) is 9.95. The Labute approximate surface area is 115 Å². The van der Waals surface area contributed by atoms with E-state index in [2.05, 4.69) is 15.8 Å². The number of anilines is 2. The van der Waals surface area contributed by atoms with Crippen molar-refractivity contribution >= 4 is 40.5 Å². The number of nitrogens with one attached hydrogen (secondary N) is 2. The molecule has 0 saturated heterocycles. The molecule has 2 aromatic rings. The summed E-state index contributed by atoms with van der Waals surface area (Å²) in [6.45, 7) is 3.80. The van der Waals surface area contributed by atoms with Gasteiger partial charge in [0.1, 0.15) is 0 Å². The van der Waals surface area contributed by atoms with E-state index in [9.17, 15) is 0 Å². The Kier molecular flexibility index (Phi) is 3.84. The van der Waals surface area contributed by atoms with Gasteiger partial charge >= 0.3 is 0 Å². The number of nitrogens with zero attached hydrogens (tertiary/aromatic N) is 1. The Hall–Kier alpha value is -1.59. The highest BCUT2D eigenvalue weighted by molar-refractivity contribution is 7.80. The number of thiocarbonyl (C=S) groups is 1. The van der Waals surface area contributed by atoms with Crippen LogP contribution in [0.2, 0.25) is 5.02 Å². The summed E-state index contributed by atoms with van der Waals surface area (Å²) in [4.78, 5) is 0. The molecule has 6 heteroatoms. The second kappa shape index (κ2) is 5.37. The van der Waals surface area contributed by atoms with Crippen molar-refractivity contribution in [2.75, 3.05) is 10.6 Å². The molecule has 94 valence electrons. The van der Waals surface area contributed by atoms with Crippen LogP contribution in [0.15, 0.2) is 28.8 Å². The van der Waals surface area contributed by atoms with E-state index in [-0.39, 0.29) is 0 Å². The molecule has 0 radical (unpaired) electrons. The van der Waals surface area contributed by atoms with Gasteiger partial charge in [0.15, 0.2) is 5.11 Å². The third-order valence-corrected chi connectivity index (χ3v) is 2.74. The lowest BCUT2D eigenvalue weighted by atomic mass is 10.2. The molecule has 0 atom stereocenters. The third-order valence-electron chi connectivity index (χ3n) is 2.30. The van der Waals surface area contributed by atoms with Crippen molar-refractivity contribution in [2.24, 2.45) is 0 Å². The number of benzene rings is 1. The summed E-state index contributed by atoms with van der Waals surface area (Å²) in [6, 6.07) is 7.31. The van der Waals surface area contributed by atoms with Crippen LogP contribution >= 0.6 is 23.8 Å². The lowest BCUT2D eigenvalue weighted by Crippen LogP contribution is -2.19. The minimum absolute atomic E-state index is 0.441. The molecular weight excluding hydrogens is 270 g/mol. The topological polar surface area (TPSA) is 50.1 Å². The fourth-order valence-corrected chi connectivity index (χ4v) is 1.89. The summed E-state index contributed by atoms with van der Waals surface area (Å²) < 4.78 is 5.01. The Morgan fingerprint density at radius 3 is 2.67 bits per heavy atom. The number of aryl methyl sites for hydroxylation is 2. The molecule has 0 saturated carbocycles. The molecule has 0 amide bonds. The third kappa shape index (κ3) is 3.21. The summed E-state index contributed by atoms with van der Waals surface area (Å²) >= 11 is 11.1. The molecule has 0 aliphatic carbocycles. The first-order valence-electron chi connectivity index (χ1n) is 5.32. The van der Waals surface area contributed by atoms with E-state index in [1.165, 1.54) is 0 Å². The van der Waals surface area contributed by atoms with Crippen LogP contribution < -0.4 is 10.6 Å². The van der Waals surface area contributed by atoms with Gasteiger partial charge in [-0.2, -0.15) is 0 Å². The first-order chi connectivity index (χ1) is 8.54. The standard InChI is InChI=1S/C12H12ClN3OS/c1-7-5-9(13)3-4-10(7)14-12(18)15-11-6-8(2)16-17-11/h3-6H,1-2H3,(H2,14,15,18). The maximum absolute atomic E-state index is 5.89. The van der Waals surface area contributed by atoms with Gasteiger partial charge in [-0.1, -0.05) is 16.8 Å². The van der Waals surface area contributed by atoms with Crippen molar-refractivity contribution in [3.8, 4) is 0 Å². The highest BCUT2D eigenvalue weighted by Crippen LogP contribution is 2.20. The number of hydrogen-bond acceptors (Lipinski definition) is 3. The Bertz CT molecular complexity index is 582. The van der Waals surface area contributed by atoms with Gasteiger partial charge in [0.25, 0.3) is 0 Å². The maximum atomic E-state index is 5.89. The van der Waals surface area contributed by atoms with Crippen LogP contribution in [-0.4, -0.2) is 10.3 Å². The molecule has 1 aromatic heterocycles. The Morgan fingerprint density at radius 2 is 2.06 bits per heavy atom. The largest absolute Gasteiger partial charge is 0.338 e. The van der Waals surface area contributed by atoms with Crippen LogP contribution in [-0.2, 0) is 0 Å². The van der Waals surface area contributed by atoms with E-state index in [4.69, 9.17) is 28.3 Å². The van der Waals surface area contributed by atoms with Gasteiger partial charge in [-0.05, 0) is 49.8 Å². The number of rotatable bonds is 2. The van der Waals surface area contributed by atoms with Crippen LogP contribution in [0.5, 0.6) is 0 Å². The zero-order chi connectivity index (χ0) is 13.1. The van der Waals surface area contributed by atoms with Gasteiger partial charge in [0.05, 0.1) is 5.69 Å². The predicted octanol–water partition coefficient (Wildman–Crippen LogP) is 3.75. The minimum Gasteiger partial charge on any atom is -0.338 e. The van der Waals surface area contributed by atoms with Crippen molar-refractivity contribution in [3.05, 3.63) is 40.5 Å². The van der Waals surface area contributed by atoms with Crippen LogP contribution in [0, 0.1) is 13.8 Å². The van der Waals surface area contributed by atoms with E-state index in [1.54, 1.807) is 12.1 Å². The van der Waals surface area contributed by atoms with Crippen LogP contribution in [0.1, 0.15) is 11.3 Å². The molecule has 0 spiro atoms. The van der Waals surface area contributed by atoms with Crippen molar-refractivity contribution in [3.63, 3.8) is 0 Å². The molecule has 18 heavy (non-hydrogen) atoms. The highest BCUT2D eigenvalue weighted by atomic mass is 35.5. The second-order valence-corrected chi connectivity index (χ2v) is 4.72. The minimum atomic E-state index is 0.441. The van der Waals surface area contributed by atoms with E-state index >= 15 is 0 Å². The Morgan fingerprint density at radius 1 is 1.28 bits per heavy atom. The molecule has 0 aliphatic heterocycles. The fourth-order valence-electron chi connectivity index (χ4n) is 1.46. The summed E-state index contributed by atoms with van der Waals surface area (Å²) in [7, 11) is 0. The molecular formula is C12H12ClN3OS. The van der Waals surface area contributed by atoms with Crippen molar-refractivity contribution < 1.29 is 4.52 Å². The average Bonchev–Trinajstić information content (AvgIpc) is 2.68. The molecule has 0 unspecified atom stereocenters. The van der Waals surface area contributed by atoms with Crippen molar-refractivity contribution in [1.29, 1.82) is 0 Å². The molecule has 1 aromatic carbocycles. The molecule has 0 bridgehead atoms. The van der Waals surface area contributed by atoms with E-state index in [0.717, 1.165) is 16.9 Å². The summed E-state index contributed by atoms with van der Waals surface area (Å²) in [6.07, 6.45) is 0. The quantitative estimate of drug-likeness (QED) is 0.821. The van der Waals surface area contributed by atoms with Gasteiger partial charge in [0.2, 0.25) is 5.88 Å². The Balaban J connectivity index is 2.03. The summed E-state index contributed by atoms with van der Waals surface area (Å²) in [5, 5.41) is 10.9. The molecule has 0 fully saturated rings. The molecule has 0 aliphatic rings. The lowest BCUT2D eigenvalue weighted by Gasteiger charge is -2.10. The fraction of sp³-hybridized carbons (Fsp3) is 0.167. The smallest absolute Gasteiger partial charge is 0.231 e. The average molecular weight is 282 g/mol. The van der Waals surface area contributed by atoms with Crippen molar-refractivity contribution in [1.82, 2.24) is 5.16 Å². The van der Waals surface area contributed by atoms with Crippen LogP contribution in [0.4, 0.5) is 11.6 Å². The normalized spacial score (nSPS) is 10.2. The van der Waals surface area contributed by atoms with Gasteiger partial charge < -0.3 is 15.2 Å². The van der Waals surface area contributed by atoms with Gasteiger partial charge in [-0.15, -0.1) is 0 Å². The first kappa shape index (κ1) is 12.9. The van der Waals surface area contributed by atoms with E-state index in [1.807, 2.05) is 26.0 Å². The number of aromatic nitrogens is 1. The number of hydrogen-bond donors (Lipinski definition) is 2. The van der Waals surface area contributed by atoms with Gasteiger partial charge in [-0.25, -0.2) is 0 Å². The van der Waals surface area contributed by atoms with E-state index < -0.39 is 0 Å². The predicted molar refractivity (Wildman–Crippen MR) is 77.3 cm³/mol.